The summed E-state index contributed by atoms with van der Waals surface area (Å²) < 4.78 is 0. The molecule has 3 rings (SSSR count). The van der Waals surface area contributed by atoms with E-state index in [0.29, 0.717) is 11.7 Å². The first-order valence-electron chi connectivity index (χ1n) is 7.97. The Kier molecular flexibility index (Phi) is 4.67. The minimum atomic E-state index is 0.346. The number of nitrogens with one attached hydrogen (secondary N) is 1. The molecule has 0 aliphatic carbocycles. The number of piperidine rings is 1. The molecule has 1 N–H and O–H groups in total. The number of hydrogen-bond acceptors (Lipinski definition) is 6. The lowest BCUT2D eigenvalue weighted by Gasteiger charge is -2.34. The fourth-order valence-electron chi connectivity index (χ4n) is 2.84. The van der Waals surface area contributed by atoms with Crippen molar-refractivity contribution in [3.63, 3.8) is 0 Å². The van der Waals surface area contributed by atoms with Crippen molar-refractivity contribution in [3.05, 3.63) is 42.1 Å². The lowest BCUT2D eigenvalue weighted by molar-refractivity contribution is 0.526. The van der Waals surface area contributed by atoms with E-state index in [9.17, 15) is 0 Å². The van der Waals surface area contributed by atoms with Gasteiger partial charge in [0.15, 0.2) is 0 Å². The molecule has 23 heavy (non-hydrogen) atoms. The van der Waals surface area contributed by atoms with Gasteiger partial charge in [0.25, 0.3) is 0 Å². The Morgan fingerprint density at radius 3 is 3.00 bits per heavy atom. The first kappa shape index (κ1) is 15.2. The van der Waals surface area contributed by atoms with E-state index in [1.165, 1.54) is 0 Å². The average molecular weight is 308 g/mol. The molecule has 6 nitrogen and oxygen atoms in total. The van der Waals surface area contributed by atoms with Gasteiger partial charge in [-0.2, -0.15) is 5.26 Å². The summed E-state index contributed by atoms with van der Waals surface area (Å²) in [5.74, 6) is 1.00. The molecule has 0 saturated carbocycles. The zero-order chi connectivity index (χ0) is 16.1. The molecule has 1 saturated heterocycles. The maximum Gasteiger partial charge on any atom is 0.140 e. The SMILES string of the molecule is CCc1cc(N2CCC[C@H](Nc3ccc(C#N)nc3)C2)ncn1. The highest BCUT2D eigenvalue weighted by Gasteiger charge is 2.21. The van der Waals surface area contributed by atoms with Crippen LogP contribution in [0.5, 0.6) is 0 Å². The molecule has 2 aromatic rings. The summed E-state index contributed by atoms with van der Waals surface area (Å²) in [6.07, 6.45) is 6.52. The zero-order valence-corrected chi connectivity index (χ0v) is 13.2. The van der Waals surface area contributed by atoms with Crippen LogP contribution in [0.2, 0.25) is 0 Å². The molecule has 0 radical (unpaired) electrons. The summed E-state index contributed by atoms with van der Waals surface area (Å²) in [4.78, 5) is 15.1. The van der Waals surface area contributed by atoms with E-state index >= 15 is 0 Å². The quantitative estimate of drug-likeness (QED) is 0.934. The van der Waals surface area contributed by atoms with E-state index in [2.05, 4.69) is 38.2 Å². The van der Waals surface area contributed by atoms with Crippen molar-refractivity contribution < 1.29 is 0 Å². The van der Waals surface area contributed by atoms with Crippen LogP contribution in [0.25, 0.3) is 0 Å². The summed E-state index contributed by atoms with van der Waals surface area (Å²) in [7, 11) is 0. The molecule has 0 unspecified atom stereocenters. The Morgan fingerprint density at radius 1 is 1.35 bits per heavy atom. The van der Waals surface area contributed by atoms with Gasteiger partial charge in [0.2, 0.25) is 0 Å². The normalized spacial score (nSPS) is 17.6. The van der Waals surface area contributed by atoms with Crippen LogP contribution in [0.15, 0.2) is 30.7 Å². The Labute approximate surface area is 136 Å². The topological polar surface area (TPSA) is 77.7 Å². The van der Waals surface area contributed by atoms with Gasteiger partial charge in [-0.1, -0.05) is 6.92 Å². The van der Waals surface area contributed by atoms with Gasteiger partial charge in [0.05, 0.1) is 11.9 Å². The van der Waals surface area contributed by atoms with Gasteiger partial charge in [-0.05, 0) is 31.4 Å². The summed E-state index contributed by atoms with van der Waals surface area (Å²) in [6.45, 7) is 4.02. The van der Waals surface area contributed by atoms with E-state index < -0.39 is 0 Å². The van der Waals surface area contributed by atoms with Crippen molar-refractivity contribution in [3.8, 4) is 6.07 Å². The zero-order valence-electron chi connectivity index (χ0n) is 13.2. The monoisotopic (exact) mass is 308 g/mol. The molecule has 118 valence electrons. The highest BCUT2D eigenvalue weighted by atomic mass is 15.2. The molecule has 3 heterocycles. The fraction of sp³-hybridized carbons (Fsp3) is 0.412. The number of hydrogen-bond donors (Lipinski definition) is 1. The number of anilines is 2. The number of nitriles is 1. The third-order valence-electron chi connectivity index (χ3n) is 4.07. The van der Waals surface area contributed by atoms with Crippen LogP contribution in [0.3, 0.4) is 0 Å². The summed E-state index contributed by atoms with van der Waals surface area (Å²) in [5, 5.41) is 12.3. The van der Waals surface area contributed by atoms with Crippen LogP contribution in [0.1, 0.15) is 31.2 Å². The van der Waals surface area contributed by atoms with E-state index in [0.717, 1.165) is 49.6 Å². The third-order valence-corrected chi connectivity index (χ3v) is 4.07. The molecule has 1 fully saturated rings. The van der Waals surface area contributed by atoms with E-state index in [1.807, 2.05) is 12.1 Å². The van der Waals surface area contributed by atoms with Crippen LogP contribution in [0.4, 0.5) is 11.5 Å². The molecule has 0 bridgehead atoms. The number of rotatable bonds is 4. The highest BCUT2D eigenvalue weighted by Crippen LogP contribution is 2.20. The molecule has 1 atom stereocenters. The van der Waals surface area contributed by atoms with Gasteiger partial charge >= 0.3 is 0 Å². The summed E-state index contributed by atoms with van der Waals surface area (Å²) in [5.41, 5.74) is 2.46. The van der Waals surface area contributed by atoms with Crippen LogP contribution in [0, 0.1) is 11.3 Å². The molecular weight excluding hydrogens is 288 g/mol. The predicted molar refractivity (Wildman–Crippen MR) is 89.2 cm³/mol. The van der Waals surface area contributed by atoms with Crippen LogP contribution in [-0.2, 0) is 6.42 Å². The first-order chi connectivity index (χ1) is 11.3. The summed E-state index contributed by atoms with van der Waals surface area (Å²) in [6, 6.07) is 8.10. The molecule has 0 amide bonds. The molecular formula is C17H20N6. The minimum absolute atomic E-state index is 0.346. The number of aryl methyl sites for hydroxylation is 1. The molecule has 0 spiro atoms. The van der Waals surface area contributed by atoms with Crippen LogP contribution >= 0.6 is 0 Å². The fourth-order valence-corrected chi connectivity index (χ4v) is 2.84. The van der Waals surface area contributed by atoms with Gasteiger partial charge < -0.3 is 10.2 Å². The smallest absolute Gasteiger partial charge is 0.140 e. The number of pyridine rings is 1. The van der Waals surface area contributed by atoms with Gasteiger partial charge in [-0.25, -0.2) is 15.0 Å². The van der Waals surface area contributed by atoms with Crippen molar-refractivity contribution in [2.24, 2.45) is 0 Å². The molecule has 6 heteroatoms. The molecule has 1 aliphatic rings. The lowest BCUT2D eigenvalue weighted by Crippen LogP contribution is -2.42. The average Bonchev–Trinajstić information content (AvgIpc) is 2.63. The summed E-state index contributed by atoms with van der Waals surface area (Å²) >= 11 is 0. The van der Waals surface area contributed by atoms with Crippen molar-refractivity contribution in [2.45, 2.75) is 32.2 Å². The molecule has 2 aromatic heterocycles. The largest absolute Gasteiger partial charge is 0.379 e. The van der Waals surface area contributed by atoms with Crippen molar-refractivity contribution in [1.29, 1.82) is 5.26 Å². The maximum absolute atomic E-state index is 8.80. The Morgan fingerprint density at radius 2 is 2.26 bits per heavy atom. The first-order valence-corrected chi connectivity index (χ1v) is 7.97. The predicted octanol–water partition coefficient (Wildman–Crippen LogP) is 2.39. The van der Waals surface area contributed by atoms with Crippen molar-refractivity contribution in [2.75, 3.05) is 23.3 Å². The lowest BCUT2D eigenvalue weighted by atomic mass is 10.1. The maximum atomic E-state index is 8.80. The molecule has 1 aliphatic heterocycles. The van der Waals surface area contributed by atoms with Gasteiger partial charge in [-0.15, -0.1) is 0 Å². The van der Waals surface area contributed by atoms with Crippen LogP contribution < -0.4 is 10.2 Å². The van der Waals surface area contributed by atoms with Crippen LogP contribution in [-0.4, -0.2) is 34.1 Å². The number of nitrogens with zero attached hydrogens (tertiary/aromatic N) is 5. The van der Waals surface area contributed by atoms with E-state index in [4.69, 9.17) is 5.26 Å². The Hall–Kier alpha value is -2.68. The van der Waals surface area contributed by atoms with Crippen molar-refractivity contribution >= 4 is 11.5 Å². The second kappa shape index (κ2) is 7.05. The second-order valence-corrected chi connectivity index (χ2v) is 5.69. The Bertz CT molecular complexity index is 691. The third kappa shape index (κ3) is 3.75. The van der Waals surface area contributed by atoms with Gasteiger partial charge in [0.1, 0.15) is 23.9 Å². The van der Waals surface area contributed by atoms with E-state index in [-0.39, 0.29) is 0 Å². The number of aromatic nitrogens is 3. The Balaban J connectivity index is 1.66. The standard InChI is InChI=1S/C17H20N6/c1-2-13-8-17(21-12-20-13)23-7-3-4-16(11-23)22-15-6-5-14(9-18)19-10-15/h5-6,8,10,12,16,22H,2-4,7,11H2,1H3/t16-/m0/s1. The van der Waals surface area contributed by atoms with Gasteiger partial charge in [-0.3, -0.25) is 0 Å². The second-order valence-electron chi connectivity index (χ2n) is 5.69. The molecule has 0 aromatic carbocycles. The van der Waals surface area contributed by atoms with Gasteiger partial charge in [0, 0.05) is 30.9 Å². The minimum Gasteiger partial charge on any atom is -0.379 e. The van der Waals surface area contributed by atoms with E-state index in [1.54, 1.807) is 18.6 Å². The highest BCUT2D eigenvalue weighted by molar-refractivity contribution is 5.46. The van der Waals surface area contributed by atoms with Crippen molar-refractivity contribution in [1.82, 2.24) is 15.0 Å².